The van der Waals surface area contributed by atoms with Gasteiger partial charge in [0.25, 0.3) is 5.56 Å². The van der Waals surface area contributed by atoms with Crippen molar-refractivity contribution in [2.24, 2.45) is 0 Å². The second-order valence-electron chi connectivity index (χ2n) is 8.76. The predicted octanol–water partition coefficient (Wildman–Crippen LogP) is 4.12. The van der Waals surface area contributed by atoms with Crippen LogP contribution in [0.3, 0.4) is 0 Å². The van der Waals surface area contributed by atoms with Crippen LogP contribution in [0.25, 0.3) is 10.9 Å². The second kappa shape index (κ2) is 11.2. The molecule has 2 amide bonds. The Bertz CT molecular complexity index is 1160. The number of fused-ring (bicyclic) bond motifs is 1. The van der Waals surface area contributed by atoms with Crippen LogP contribution in [0.15, 0.2) is 59.4 Å². The lowest BCUT2D eigenvalue weighted by Gasteiger charge is -2.30. The lowest BCUT2D eigenvalue weighted by molar-refractivity contribution is 0.164. The van der Waals surface area contributed by atoms with Gasteiger partial charge < -0.3 is 19.9 Å². The second-order valence-corrected chi connectivity index (χ2v) is 8.76. The van der Waals surface area contributed by atoms with E-state index in [2.05, 4.69) is 22.1 Å². The van der Waals surface area contributed by atoms with Gasteiger partial charge in [-0.05, 0) is 62.7 Å². The minimum absolute atomic E-state index is 0.158. The molecule has 2 heterocycles. The van der Waals surface area contributed by atoms with Crippen LogP contribution in [0.2, 0.25) is 0 Å². The Balaban J connectivity index is 1.57. The van der Waals surface area contributed by atoms with E-state index in [0.29, 0.717) is 31.3 Å². The molecule has 1 saturated heterocycles. The fraction of sp³-hybridized carbons (Fsp3) is 0.407. The molecule has 1 aliphatic rings. The first-order valence-corrected chi connectivity index (χ1v) is 12.2. The molecule has 34 heavy (non-hydrogen) atoms. The van der Waals surface area contributed by atoms with Crippen molar-refractivity contribution in [2.45, 2.75) is 45.8 Å². The number of rotatable bonds is 9. The lowest BCUT2D eigenvalue weighted by Crippen LogP contribution is -2.47. The first-order chi connectivity index (χ1) is 16.6. The summed E-state index contributed by atoms with van der Waals surface area (Å²) in [6.45, 7) is 7.97. The van der Waals surface area contributed by atoms with Gasteiger partial charge >= 0.3 is 6.03 Å². The van der Waals surface area contributed by atoms with Crippen LogP contribution < -0.4 is 15.6 Å². The van der Waals surface area contributed by atoms with Gasteiger partial charge in [-0.1, -0.05) is 37.3 Å². The number of H-pyrrole nitrogens is 1. The molecule has 0 bridgehead atoms. The van der Waals surface area contributed by atoms with E-state index in [-0.39, 0.29) is 18.1 Å². The summed E-state index contributed by atoms with van der Waals surface area (Å²) in [6, 6.07) is 17.5. The molecular formula is C27H34N4O3. The van der Waals surface area contributed by atoms with Gasteiger partial charge in [0.1, 0.15) is 5.75 Å². The highest BCUT2D eigenvalue weighted by Gasteiger charge is 2.27. The van der Waals surface area contributed by atoms with E-state index in [1.165, 1.54) is 0 Å². The van der Waals surface area contributed by atoms with Crippen LogP contribution in [0.5, 0.6) is 5.75 Å². The van der Waals surface area contributed by atoms with Gasteiger partial charge in [-0.25, -0.2) is 4.79 Å². The molecule has 180 valence electrons. The van der Waals surface area contributed by atoms with Crippen LogP contribution in [0.1, 0.15) is 37.8 Å². The van der Waals surface area contributed by atoms with E-state index in [0.717, 1.165) is 48.1 Å². The van der Waals surface area contributed by atoms with Gasteiger partial charge in [0.05, 0.1) is 13.2 Å². The van der Waals surface area contributed by atoms with Crippen molar-refractivity contribution >= 4 is 16.9 Å². The van der Waals surface area contributed by atoms with Gasteiger partial charge in [-0.3, -0.25) is 9.69 Å². The number of amides is 2. The molecule has 1 aliphatic heterocycles. The standard InChI is InChI=1S/C27H34N4O3/c1-3-30-14-8-11-23(30)19-31(27(33)28-17-20-9-6-5-7-10-20)18-22-15-21-16-24(34-4-2)12-13-25(21)29-26(22)32/h5-7,9-10,12-13,15-16,23H,3-4,8,11,14,17-19H2,1-2H3,(H,28,33)(H,29,32)/t23-/m0/s1. The maximum Gasteiger partial charge on any atom is 0.318 e. The zero-order valence-electron chi connectivity index (χ0n) is 20.0. The van der Waals surface area contributed by atoms with Gasteiger partial charge in [0.15, 0.2) is 0 Å². The number of aromatic nitrogens is 1. The van der Waals surface area contributed by atoms with Gasteiger partial charge in [0, 0.05) is 35.6 Å². The predicted molar refractivity (Wildman–Crippen MR) is 135 cm³/mol. The normalized spacial score (nSPS) is 16.0. The lowest BCUT2D eigenvalue weighted by atomic mass is 10.1. The van der Waals surface area contributed by atoms with E-state index in [1.54, 1.807) is 4.90 Å². The number of urea groups is 1. The number of benzene rings is 2. The minimum Gasteiger partial charge on any atom is -0.494 e. The molecule has 0 radical (unpaired) electrons. The highest BCUT2D eigenvalue weighted by atomic mass is 16.5. The number of ether oxygens (including phenoxy) is 1. The van der Waals surface area contributed by atoms with Crippen LogP contribution in [-0.4, -0.2) is 53.1 Å². The zero-order chi connectivity index (χ0) is 23.9. The van der Waals surface area contributed by atoms with Gasteiger partial charge in [-0.15, -0.1) is 0 Å². The van der Waals surface area contributed by atoms with Gasteiger partial charge in [0.2, 0.25) is 0 Å². The van der Waals surface area contributed by atoms with Crippen molar-refractivity contribution in [3.8, 4) is 5.75 Å². The molecular weight excluding hydrogens is 428 g/mol. The van der Waals surface area contributed by atoms with Crippen LogP contribution in [-0.2, 0) is 13.1 Å². The van der Waals surface area contributed by atoms with Crippen molar-refractivity contribution < 1.29 is 9.53 Å². The summed E-state index contributed by atoms with van der Waals surface area (Å²) in [6.07, 6.45) is 2.19. The Hall–Kier alpha value is -3.32. The Labute approximate surface area is 200 Å². The summed E-state index contributed by atoms with van der Waals surface area (Å²) < 4.78 is 5.62. The van der Waals surface area contributed by atoms with Crippen LogP contribution in [0, 0.1) is 0 Å². The van der Waals surface area contributed by atoms with Crippen LogP contribution in [0.4, 0.5) is 4.79 Å². The van der Waals surface area contributed by atoms with E-state index in [9.17, 15) is 9.59 Å². The molecule has 1 atom stereocenters. The maximum atomic E-state index is 13.3. The summed E-state index contributed by atoms with van der Waals surface area (Å²) in [5, 5.41) is 3.93. The smallest absolute Gasteiger partial charge is 0.318 e. The first-order valence-electron chi connectivity index (χ1n) is 12.2. The quantitative estimate of drug-likeness (QED) is 0.501. The fourth-order valence-electron chi connectivity index (χ4n) is 4.69. The Morgan fingerprint density at radius 3 is 2.76 bits per heavy atom. The monoisotopic (exact) mass is 462 g/mol. The van der Waals surface area contributed by atoms with Crippen LogP contribution >= 0.6 is 0 Å². The van der Waals surface area contributed by atoms with Crippen molar-refractivity contribution in [2.75, 3.05) is 26.2 Å². The molecule has 1 aromatic heterocycles. The molecule has 4 rings (SSSR count). The molecule has 2 N–H and O–H groups in total. The molecule has 3 aromatic rings. The number of hydrogen-bond acceptors (Lipinski definition) is 4. The number of pyridine rings is 1. The third-order valence-corrected chi connectivity index (χ3v) is 6.47. The number of likely N-dealkylation sites (tertiary alicyclic amines) is 1. The van der Waals surface area contributed by atoms with E-state index in [1.807, 2.05) is 61.5 Å². The number of nitrogens with zero attached hydrogens (tertiary/aromatic N) is 2. The largest absolute Gasteiger partial charge is 0.494 e. The molecule has 2 aromatic carbocycles. The van der Waals surface area contributed by atoms with E-state index >= 15 is 0 Å². The number of carbonyl (C=O) groups is 1. The SMILES string of the molecule is CCOc1ccc2[nH]c(=O)c(CN(C[C@@H]3CCCN3CC)C(=O)NCc3ccccc3)cc2c1. The van der Waals surface area contributed by atoms with Gasteiger partial charge in [-0.2, -0.15) is 0 Å². The summed E-state index contributed by atoms with van der Waals surface area (Å²) in [5.74, 6) is 0.759. The molecule has 0 spiro atoms. The molecule has 0 saturated carbocycles. The first kappa shape index (κ1) is 23.8. The Morgan fingerprint density at radius 2 is 2.00 bits per heavy atom. The summed E-state index contributed by atoms with van der Waals surface area (Å²) in [4.78, 5) is 33.3. The fourth-order valence-corrected chi connectivity index (χ4v) is 4.69. The third-order valence-electron chi connectivity index (χ3n) is 6.47. The van der Waals surface area contributed by atoms with Crippen molar-refractivity contribution in [1.82, 2.24) is 20.1 Å². The van der Waals surface area contributed by atoms with E-state index < -0.39 is 0 Å². The summed E-state index contributed by atoms with van der Waals surface area (Å²) >= 11 is 0. The average molecular weight is 463 g/mol. The summed E-state index contributed by atoms with van der Waals surface area (Å²) in [5.41, 5.74) is 2.19. The molecule has 0 aliphatic carbocycles. The number of carbonyl (C=O) groups excluding carboxylic acids is 1. The highest BCUT2D eigenvalue weighted by Crippen LogP contribution is 2.21. The third kappa shape index (κ3) is 5.78. The highest BCUT2D eigenvalue weighted by molar-refractivity contribution is 5.81. The molecule has 7 nitrogen and oxygen atoms in total. The molecule has 0 unspecified atom stereocenters. The van der Waals surface area contributed by atoms with Crippen molar-refractivity contribution in [1.29, 1.82) is 0 Å². The number of hydrogen-bond donors (Lipinski definition) is 2. The Morgan fingerprint density at radius 1 is 1.18 bits per heavy atom. The number of likely N-dealkylation sites (N-methyl/N-ethyl adjacent to an activating group) is 1. The molecule has 7 heteroatoms. The average Bonchev–Trinajstić information content (AvgIpc) is 3.30. The maximum absolute atomic E-state index is 13.3. The Kier molecular flexibility index (Phi) is 7.85. The summed E-state index contributed by atoms with van der Waals surface area (Å²) in [7, 11) is 0. The minimum atomic E-state index is -0.170. The topological polar surface area (TPSA) is 77.7 Å². The van der Waals surface area contributed by atoms with Crippen molar-refractivity contribution in [3.63, 3.8) is 0 Å². The number of nitrogens with one attached hydrogen (secondary N) is 2. The number of aromatic amines is 1. The zero-order valence-corrected chi connectivity index (χ0v) is 20.0. The van der Waals surface area contributed by atoms with Crippen molar-refractivity contribution in [3.05, 3.63) is 76.1 Å². The molecule has 1 fully saturated rings. The van der Waals surface area contributed by atoms with E-state index in [4.69, 9.17) is 4.74 Å².